The lowest BCUT2D eigenvalue weighted by Crippen LogP contribution is -1.89. The van der Waals surface area contributed by atoms with E-state index in [0.717, 1.165) is 12.4 Å². The number of para-hydroxylation sites is 1. The molecule has 0 unspecified atom stereocenters. The zero-order valence-corrected chi connectivity index (χ0v) is 9.81. The molecule has 0 bridgehead atoms. The number of hydrogen-bond donors (Lipinski definition) is 0. The molecule has 0 radical (unpaired) electrons. The van der Waals surface area contributed by atoms with Gasteiger partial charge in [0.25, 0.3) is 0 Å². The number of ether oxygens (including phenoxy) is 1. The van der Waals surface area contributed by atoms with Gasteiger partial charge in [-0.15, -0.1) is 0 Å². The summed E-state index contributed by atoms with van der Waals surface area (Å²) in [5, 5.41) is 0. The lowest BCUT2D eigenvalue weighted by molar-refractivity contribution is 0.340. The van der Waals surface area contributed by atoms with Crippen LogP contribution in [0.3, 0.4) is 0 Å². The first-order valence-corrected chi connectivity index (χ1v) is 6.89. The molecule has 3 nitrogen and oxygen atoms in total. The fourth-order valence-corrected chi connectivity index (χ4v) is 0.683. The maximum absolute atomic E-state index is 9.16. The molecular formula is C8H10Cl2O3S. The standard InChI is InChI=1S/C8H10O.Cl2O2S/c1-2-9-8-6-4-3-5-7-8;1-5(2,3)4/h3-7H,2H2,1H3;. The Morgan fingerprint density at radius 1 is 1.21 bits per heavy atom. The summed E-state index contributed by atoms with van der Waals surface area (Å²) in [4.78, 5) is 0. The maximum atomic E-state index is 9.16. The van der Waals surface area contributed by atoms with Crippen LogP contribution in [0.5, 0.6) is 5.75 Å². The average Bonchev–Trinajstić information content (AvgIpc) is 2.03. The molecule has 0 atom stereocenters. The average molecular weight is 257 g/mol. The topological polar surface area (TPSA) is 43.4 Å². The molecule has 0 heterocycles. The Hall–Kier alpha value is -0.450. The zero-order chi connectivity index (χ0) is 11.0. The molecule has 0 amide bonds. The Labute approximate surface area is 92.5 Å². The molecule has 1 aromatic carbocycles. The van der Waals surface area contributed by atoms with Crippen molar-refractivity contribution in [2.24, 2.45) is 0 Å². The third-order valence-corrected chi connectivity index (χ3v) is 1.05. The van der Waals surface area contributed by atoms with Crippen molar-refractivity contribution in [2.45, 2.75) is 6.92 Å². The maximum Gasteiger partial charge on any atom is 0.317 e. The molecule has 0 saturated heterocycles. The first-order chi connectivity index (χ1) is 6.43. The van der Waals surface area contributed by atoms with Crippen molar-refractivity contribution in [3.63, 3.8) is 0 Å². The zero-order valence-electron chi connectivity index (χ0n) is 7.48. The minimum Gasteiger partial charge on any atom is -0.494 e. The molecule has 80 valence electrons. The molecule has 0 fully saturated rings. The summed E-state index contributed by atoms with van der Waals surface area (Å²) in [6.45, 7) is 2.72. The van der Waals surface area contributed by atoms with E-state index in [4.69, 9.17) is 13.2 Å². The first kappa shape index (κ1) is 13.6. The minimum absolute atomic E-state index is 0.740. The smallest absolute Gasteiger partial charge is 0.317 e. The first-order valence-electron chi connectivity index (χ1n) is 3.75. The van der Waals surface area contributed by atoms with Gasteiger partial charge in [-0.05, 0) is 19.1 Å². The van der Waals surface area contributed by atoms with Gasteiger partial charge < -0.3 is 4.74 Å². The Bertz CT molecular complexity index is 329. The van der Waals surface area contributed by atoms with E-state index >= 15 is 0 Å². The molecule has 0 saturated carbocycles. The second-order valence-corrected chi connectivity index (χ2v) is 5.79. The van der Waals surface area contributed by atoms with Crippen LogP contribution in [0.25, 0.3) is 0 Å². The second kappa shape index (κ2) is 6.92. The highest BCUT2D eigenvalue weighted by atomic mass is 36.0. The molecule has 0 aromatic heterocycles. The highest BCUT2D eigenvalue weighted by Crippen LogP contribution is 2.06. The molecule has 0 aliphatic rings. The third-order valence-electron chi connectivity index (χ3n) is 1.05. The summed E-state index contributed by atoms with van der Waals surface area (Å²) in [5.41, 5.74) is 0. The highest BCUT2D eigenvalue weighted by Gasteiger charge is 1.88. The molecular weight excluding hydrogens is 247 g/mol. The molecule has 14 heavy (non-hydrogen) atoms. The summed E-state index contributed by atoms with van der Waals surface area (Å²) in [6.07, 6.45) is 0. The van der Waals surface area contributed by atoms with E-state index < -0.39 is 8.26 Å². The minimum atomic E-state index is -3.72. The van der Waals surface area contributed by atoms with E-state index in [1.54, 1.807) is 0 Å². The van der Waals surface area contributed by atoms with E-state index in [-0.39, 0.29) is 0 Å². The largest absolute Gasteiger partial charge is 0.494 e. The van der Waals surface area contributed by atoms with Gasteiger partial charge in [-0.1, -0.05) is 18.2 Å². The quantitative estimate of drug-likeness (QED) is 0.765. The van der Waals surface area contributed by atoms with Gasteiger partial charge in [-0.25, -0.2) is 0 Å². The Morgan fingerprint density at radius 3 is 2.00 bits per heavy atom. The number of rotatable bonds is 2. The normalized spacial score (nSPS) is 9.93. The van der Waals surface area contributed by atoms with Crippen molar-refractivity contribution in [3.8, 4) is 5.75 Å². The van der Waals surface area contributed by atoms with Crippen molar-refractivity contribution in [3.05, 3.63) is 30.3 Å². The van der Waals surface area contributed by atoms with Gasteiger partial charge in [0, 0.05) is 21.4 Å². The van der Waals surface area contributed by atoms with Gasteiger partial charge in [-0.2, -0.15) is 8.42 Å². The fourth-order valence-electron chi connectivity index (χ4n) is 0.683. The van der Waals surface area contributed by atoms with Crippen LogP contribution in [-0.4, -0.2) is 15.0 Å². The van der Waals surface area contributed by atoms with Crippen LogP contribution in [0.15, 0.2) is 30.3 Å². The predicted octanol–water partition coefficient (Wildman–Crippen LogP) is 2.79. The van der Waals surface area contributed by atoms with Crippen molar-refractivity contribution >= 4 is 29.6 Å². The van der Waals surface area contributed by atoms with Crippen LogP contribution >= 0.6 is 21.4 Å². The van der Waals surface area contributed by atoms with E-state index in [0.29, 0.717) is 0 Å². The van der Waals surface area contributed by atoms with Gasteiger partial charge in [0.2, 0.25) is 0 Å². The number of hydrogen-bond acceptors (Lipinski definition) is 3. The lowest BCUT2D eigenvalue weighted by Gasteiger charge is -1.99. The molecule has 0 aliphatic heterocycles. The van der Waals surface area contributed by atoms with E-state index in [1.165, 1.54) is 0 Å². The lowest BCUT2D eigenvalue weighted by atomic mass is 10.3. The summed E-state index contributed by atoms with van der Waals surface area (Å²) in [7, 11) is 4.81. The third kappa shape index (κ3) is 11.5. The molecule has 0 N–H and O–H groups in total. The van der Waals surface area contributed by atoms with Crippen molar-refractivity contribution < 1.29 is 13.2 Å². The van der Waals surface area contributed by atoms with Gasteiger partial charge in [0.1, 0.15) is 5.75 Å². The summed E-state index contributed by atoms with van der Waals surface area (Å²) >= 11 is 0. The van der Waals surface area contributed by atoms with Gasteiger partial charge >= 0.3 is 8.26 Å². The Balaban J connectivity index is 0.000000292. The Morgan fingerprint density at radius 2 is 1.64 bits per heavy atom. The van der Waals surface area contributed by atoms with Crippen LogP contribution in [-0.2, 0) is 8.26 Å². The second-order valence-electron chi connectivity index (χ2n) is 2.12. The van der Waals surface area contributed by atoms with Crippen molar-refractivity contribution in [1.82, 2.24) is 0 Å². The summed E-state index contributed by atoms with van der Waals surface area (Å²) in [6, 6.07) is 9.80. The van der Waals surface area contributed by atoms with Gasteiger partial charge in [0.15, 0.2) is 0 Å². The van der Waals surface area contributed by atoms with E-state index in [2.05, 4.69) is 21.4 Å². The highest BCUT2D eigenvalue weighted by molar-refractivity contribution is 8.31. The monoisotopic (exact) mass is 256 g/mol. The molecule has 1 aromatic rings. The summed E-state index contributed by atoms with van der Waals surface area (Å²) < 4.78 is 23.5. The molecule has 1 rings (SSSR count). The van der Waals surface area contributed by atoms with Crippen LogP contribution in [0.2, 0.25) is 0 Å². The van der Waals surface area contributed by atoms with Gasteiger partial charge in [-0.3, -0.25) is 0 Å². The number of halogens is 2. The van der Waals surface area contributed by atoms with Crippen LogP contribution in [0, 0.1) is 0 Å². The predicted molar refractivity (Wildman–Crippen MR) is 58.2 cm³/mol. The number of benzene rings is 1. The van der Waals surface area contributed by atoms with Crippen LogP contribution < -0.4 is 4.74 Å². The summed E-state index contributed by atoms with van der Waals surface area (Å²) in [5.74, 6) is 0.944. The Kier molecular flexibility index (Phi) is 6.70. The molecule has 0 aliphatic carbocycles. The van der Waals surface area contributed by atoms with Crippen LogP contribution in [0.4, 0.5) is 0 Å². The van der Waals surface area contributed by atoms with E-state index in [9.17, 15) is 0 Å². The van der Waals surface area contributed by atoms with Crippen molar-refractivity contribution in [2.75, 3.05) is 6.61 Å². The van der Waals surface area contributed by atoms with Gasteiger partial charge in [0.05, 0.1) is 6.61 Å². The molecule has 0 spiro atoms. The van der Waals surface area contributed by atoms with E-state index in [1.807, 2.05) is 37.3 Å². The fraction of sp³-hybridized carbons (Fsp3) is 0.250. The van der Waals surface area contributed by atoms with Crippen LogP contribution in [0.1, 0.15) is 6.92 Å². The SMILES string of the molecule is CCOc1ccccc1.O=S(=O)(Cl)Cl. The van der Waals surface area contributed by atoms with Crippen molar-refractivity contribution in [1.29, 1.82) is 0 Å². The molecule has 6 heteroatoms.